The van der Waals surface area contributed by atoms with E-state index in [1.165, 1.54) is 19.5 Å². The van der Waals surface area contributed by atoms with Gasteiger partial charge < -0.3 is 4.74 Å². The predicted octanol–water partition coefficient (Wildman–Crippen LogP) is 3.19. The first-order chi connectivity index (χ1) is 7.15. The molecule has 0 aliphatic heterocycles. The predicted molar refractivity (Wildman–Crippen MR) is 58.8 cm³/mol. The third-order valence-electron chi connectivity index (χ3n) is 1.94. The highest BCUT2D eigenvalue weighted by molar-refractivity contribution is 9.10. The van der Waals surface area contributed by atoms with Crippen LogP contribution in [-0.4, -0.2) is 17.1 Å². The van der Waals surface area contributed by atoms with Gasteiger partial charge in [0.1, 0.15) is 23.0 Å². The topological polar surface area (TPSA) is 35.0 Å². The Morgan fingerprint density at radius 2 is 2.20 bits per heavy atom. The van der Waals surface area contributed by atoms with E-state index in [0.29, 0.717) is 16.7 Å². The Balaban J connectivity index is 2.96. The van der Waals surface area contributed by atoms with Crippen molar-refractivity contribution in [2.24, 2.45) is 0 Å². The maximum absolute atomic E-state index is 13.4. The van der Waals surface area contributed by atoms with E-state index in [4.69, 9.17) is 16.3 Å². The van der Waals surface area contributed by atoms with Crippen molar-refractivity contribution in [3.63, 3.8) is 0 Å². The molecule has 0 N–H and O–H groups in total. The highest BCUT2D eigenvalue weighted by Gasteiger charge is 2.14. The summed E-state index contributed by atoms with van der Waals surface area (Å²) < 4.78 is 18.7. The molecule has 0 fully saturated rings. The third-order valence-corrected chi connectivity index (χ3v) is 2.98. The molecule has 0 amide bonds. The molecule has 2 rings (SSSR count). The lowest BCUT2D eigenvalue weighted by Crippen LogP contribution is -1.93. The van der Waals surface area contributed by atoms with Gasteiger partial charge in [-0.2, -0.15) is 0 Å². The molecule has 6 heteroatoms. The van der Waals surface area contributed by atoms with E-state index in [1.807, 2.05) is 0 Å². The molecule has 1 aromatic heterocycles. The van der Waals surface area contributed by atoms with Crippen LogP contribution in [-0.2, 0) is 0 Å². The standard InChI is InChI=1S/C9H5BrClFN2O/c1-15-5-2-4(12)7(10)8-6(5)9(11)14-3-13-8/h2-3H,1H3. The van der Waals surface area contributed by atoms with Crippen molar-refractivity contribution in [3.05, 3.63) is 27.8 Å². The van der Waals surface area contributed by atoms with E-state index < -0.39 is 5.82 Å². The Labute approximate surface area is 98.4 Å². The summed E-state index contributed by atoms with van der Waals surface area (Å²) in [7, 11) is 1.44. The summed E-state index contributed by atoms with van der Waals surface area (Å²) in [5.41, 5.74) is 0.395. The highest BCUT2D eigenvalue weighted by atomic mass is 79.9. The molecule has 3 nitrogen and oxygen atoms in total. The van der Waals surface area contributed by atoms with E-state index >= 15 is 0 Å². The monoisotopic (exact) mass is 290 g/mol. The van der Waals surface area contributed by atoms with Gasteiger partial charge in [-0.05, 0) is 15.9 Å². The SMILES string of the molecule is COc1cc(F)c(Br)c2ncnc(Cl)c12. The minimum absolute atomic E-state index is 0.234. The summed E-state index contributed by atoms with van der Waals surface area (Å²) in [4.78, 5) is 7.77. The smallest absolute Gasteiger partial charge is 0.144 e. The molecule has 0 bridgehead atoms. The molecule has 1 aromatic carbocycles. The van der Waals surface area contributed by atoms with Crippen molar-refractivity contribution in [2.45, 2.75) is 0 Å². The van der Waals surface area contributed by atoms with E-state index in [1.54, 1.807) is 0 Å². The van der Waals surface area contributed by atoms with Crippen molar-refractivity contribution < 1.29 is 9.13 Å². The third kappa shape index (κ3) is 1.66. The van der Waals surface area contributed by atoms with E-state index in [9.17, 15) is 4.39 Å². The zero-order valence-corrected chi connectivity index (χ0v) is 9.93. The van der Waals surface area contributed by atoms with Crippen LogP contribution < -0.4 is 4.74 Å². The van der Waals surface area contributed by atoms with Gasteiger partial charge in [-0.1, -0.05) is 11.6 Å². The Hall–Kier alpha value is -0.940. The quantitative estimate of drug-likeness (QED) is 0.757. The molecule has 0 saturated carbocycles. The maximum Gasteiger partial charge on any atom is 0.144 e. The second kappa shape index (κ2) is 3.90. The van der Waals surface area contributed by atoms with Crippen LogP contribution in [0.25, 0.3) is 10.9 Å². The minimum Gasteiger partial charge on any atom is -0.496 e. The first-order valence-electron chi connectivity index (χ1n) is 3.97. The first-order valence-corrected chi connectivity index (χ1v) is 5.14. The molecule has 0 radical (unpaired) electrons. The van der Waals surface area contributed by atoms with Gasteiger partial charge in [-0.15, -0.1) is 0 Å². The molecule has 0 saturated heterocycles. The second-order valence-corrected chi connectivity index (χ2v) is 3.91. The number of benzene rings is 1. The van der Waals surface area contributed by atoms with Gasteiger partial charge in [0.25, 0.3) is 0 Å². The Morgan fingerprint density at radius 3 is 2.87 bits per heavy atom. The number of hydrogen-bond acceptors (Lipinski definition) is 3. The first kappa shape index (κ1) is 10.6. The average Bonchev–Trinajstić information content (AvgIpc) is 2.23. The minimum atomic E-state index is -0.450. The van der Waals surface area contributed by atoms with Crippen LogP contribution in [0.4, 0.5) is 4.39 Å². The molecular weight excluding hydrogens is 286 g/mol. The number of aromatic nitrogens is 2. The largest absolute Gasteiger partial charge is 0.496 e. The molecule has 0 unspecified atom stereocenters. The van der Waals surface area contributed by atoms with Crippen LogP contribution in [0.3, 0.4) is 0 Å². The lowest BCUT2D eigenvalue weighted by atomic mass is 10.2. The zero-order valence-electron chi connectivity index (χ0n) is 7.59. The number of hydrogen-bond donors (Lipinski definition) is 0. The van der Waals surface area contributed by atoms with E-state index in [0.717, 1.165) is 0 Å². The number of ether oxygens (including phenoxy) is 1. The van der Waals surface area contributed by atoms with Crippen molar-refractivity contribution >= 4 is 38.4 Å². The van der Waals surface area contributed by atoms with E-state index in [-0.39, 0.29) is 9.63 Å². The van der Waals surface area contributed by atoms with E-state index in [2.05, 4.69) is 25.9 Å². The number of nitrogens with zero attached hydrogens (tertiary/aromatic N) is 2. The van der Waals surface area contributed by atoms with Crippen LogP contribution in [0, 0.1) is 5.82 Å². The number of methoxy groups -OCH3 is 1. The van der Waals surface area contributed by atoms with Gasteiger partial charge in [0.15, 0.2) is 0 Å². The van der Waals surface area contributed by atoms with Crippen LogP contribution >= 0.6 is 27.5 Å². The van der Waals surface area contributed by atoms with Gasteiger partial charge >= 0.3 is 0 Å². The highest BCUT2D eigenvalue weighted by Crippen LogP contribution is 2.35. The molecular formula is C9H5BrClFN2O. The Morgan fingerprint density at radius 1 is 1.47 bits per heavy atom. The lowest BCUT2D eigenvalue weighted by Gasteiger charge is -2.07. The molecule has 0 atom stereocenters. The normalized spacial score (nSPS) is 10.7. The zero-order chi connectivity index (χ0) is 11.0. The second-order valence-electron chi connectivity index (χ2n) is 2.76. The number of halogens is 3. The van der Waals surface area contributed by atoms with Crippen LogP contribution in [0.5, 0.6) is 5.75 Å². The van der Waals surface area contributed by atoms with Gasteiger partial charge in [-0.25, -0.2) is 14.4 Å². The molecule has 0 spiro atoms. The van der Waals surface area contributed by atoms with Crippen LogP contribution in [0.2, 0.25) is 5.15 Å². The summed E-state index contributed by atoms with van der Waals surface area (Å²) in [6.07, 6.45) is 1.27. The van der Waals surface area contributed by atoms with Crippen molar-refractivity contribution in [2.75, 3.05) is 7.11 Å². The van der Waals surface area contributed by atoms with Crippen LogP contribution in [0.1, 0.15) is 0 Å². The molecule has 0 aliphatic carbocycles. The molecule has 0 aliphatic rings. The number of rotatable bonds is 1. The van der Waals surface area contributed by atoms with Crippen molar-refractivity contribution in [3.8, 4) is 5.75 Å². The molecule has 2 aromatic rings. The number of fused-ring (bicyclic) bond motifs is 1. The Kier molecular flexibility index (Phi) is 2.75. The summed E-state index contributed by atoms with van der Waals surface area (Å²) in [5, 5.41) is 0.729. The fourth-order valence-corrected chi connectivity index (χ4v) is 1.91. The van der Waals surface area contributed by atoms with Crippen molar-refractivity contribution in [1.29, 1.82) is 0 Å². The summed E-state index contributed by atoms with van der Waals surface area (Å²) >= 11 is 8.99. The van der Waals surface area contributed by atoms with Crippen molar-refractivity contribution in [1.82, 2.24) is 9.97 Å². The summed E-state index contributed by atoms with van der Waals surface area (Å²) in [6, 6.07) is 1.24. The van der Waals surface area contributed by atoms with Gasteiger partial charge in [0.05, 0.1) is 22.5 Å². The van der Waals surface area contributed by atoms with Gasteiger partial charge in [-0.3, -0.25) is 0 Å². The maximum atomic E-state index is 13.4. The summed E-state index contributed by atoms with van der Waals surface area (Å²) in [5.74, 6) is -0.134. The molecule has 78 valence electrons. The Bertz CT molecular complexity index is 535. The van der Waals surface area contributed by atoms with Gasteiger partial charge in [0, 0.05) is 6.07 Å². The fourth-order valence-electron chi connectivity index (χ4n) is 1.27. The molecule has 1 heterocycles. The van der Waals surface area contributed by atoms with Gasteiger partial charge in [0.2, 0.25) is 0 Å². The summed E-state index contributed by atoms with van der Waals surface area (Å²) in [6.45, 7) is 0. The molecule has 15 heavy (non-hydrogen) atoms. The lowest BCUT2D eigenvalue weighted by molar-refractivity contribution is 0.416. The average molecular weight is 292 g/mol. The van der Waals surface area contributed by atoms with Crippen LogP contribution in [0.15, 0.2) is 16.9 Å². The fraction of sp³-hybridized carbons (Fsp3) is 0.111.